The van der Waals surface area contributed by atoms with E-state index < -0.39 is 47.4 Å². The molecule has 0 saturated heterocycles. The monoisotopic (exact) mass is 710 g/mol. The average Bonchev–Trinajstić information content (AvgIpc) is 3.10. The van der Waals surface area contributed by atoms with Gasteiger partial charge in [-0.2, -0.15) is 0 Å². The van der Waals surface area contributed by atoms with Gasteiger partial charge >= 0.3 is 0 Å². The summed E-state index contributed by atoms with van der Waals surface area (Å²) in [6, 6.07) is 16.3. The second kappa shape index (κ2) is 27.1. The van der Waals surface area contributed by atoms with E-state index in [-0.39, 0.29) is 25.2 Å². The van der Waals surface area contributed by atoms with E-state index in [0.29, 0.717) is 12.8 Å². The maximum atomic E-state index is 11.1. The van der Waals surface area contributed by atoms with Crippen molar-refractivity contribution < 1.29 is 30.3 Å². The van der Waals surface area contributed by atoms with E-state index in [2.05, 4.69) is 38.1 Å². The summed E-state index contributed by atoms with van der Waals surface area (Å²) < 4.78 is 0. The van der Waals surface area contributed by atoms with Crippen LogP contribution >= 0.6 is 12.4 Å². The minimum atomic E-state index is -1.64. The van der Waals surface area contributed by atoms with Crippen molar-refractivity contribution >= 4 is 12.4 Å². The Morgan fingerprint density at radius 2 is 0.714 bits per heavy atom. The largest absolute Gasteiger partial charge is 0.389 e. The Bertz CT molecular complexity index is 1030. The molecule has 2 rings (SSSR count). The molecule has 0 unspecified atom stereocenters. The minimum absolute atomic E-state index is 0. The van der Waals surface area contributed by atoms with Gasteiger partial charge in [0.1, 0.15) is 26.4 Å². The lowest BCUT2D eigenvalue weighted by Crippen LogP contribution is -2.46. The summed E-state index contributed by atoms with van der Waals surface area (Å²) in [5, 5.41) is 59.1. The van der Waals surface area contributed by atoms with Gasteiger partial charge in [0.15, 0.2) is 0 Å². The number of hydrogen-bond donors (Lipinski definition) is 4. The summed E-state index contributed by atoms with van der Waals surface area (Å²) in [4.78, 5) is 21.0. The van der Waals surface area contributed by atoms with Crippen LogP contribution in [-0.2, 0) is 25.7 Å². The molecule has 0 atom stereocenters. The second-order valence-electron chi connectivity index (χ2n) is 13.3. The molecule has 2 aromatic rings. The summed E-state index contributed by atoms with van der Waals surface area (Å²) in [7, 11) is 0. The predicted molar refractivity (Wildman–Crippen MR) is 199 cm³/mol. The Balaban J connectivity index is 0.000000922. The highest BCUT2D eigenvalue weighted by Crippen LogP contribution is 2.20. The fourth-order valence-electron chi connectivity index (χ4n) is 5.55. The van der Waals surface area contributed by atoms with Gasteiger partial charge in [0, 0.05) is 22.7 Å². The SMILES string of the molecule is CCCCCCCCc1ccc(CCC(CO)(CO)[N+](=O)[O-])cc1.CCCCCCCCc1ccc(CCC(CO)(CO)[N+](=O)[O-])cc1.Cl. The van der Waals surface area contributed by atoms with Crippen LogP contribution in [0.2, 0.25) is 0 Å². The maximum absolute atomic E-state index is 11.1. The van der Waals surface area contributed by atoms with Crippen LogP contribution in [0.25, 0.3) is 0 Å². The molecule has 0 aliphatic carbocycles. The quantitative estimate of drug-likeness (QED) is 0.0443. The van der Waals surface area contributed by atoms with Gasteiger partial charge in [-0.25, -0.2) is 0 Å². The van der Waals surface area contributed by atoms with Crippen LogP contribution < -0.4 is 0 Å². The van der Waals surface area contributed by atoms with Crippen LogP contribution in [0.15, 0.2) is 48.5 Å². The lowest BCUT2D eigenvalue weighted by molar-refractivity contribution is -0.578. The standard InChI is InChI=1S/2C19H31NO4.ClH/c2*1-2-3-4-5-6-7-8-17-9-11-18(12-10-17)13-14-19(15-21,16-22)20(23)24;/h2*9-12,21-22H,2-8,13-16H2,1H3;1H. The Hall–Kier alpha value is -2.63. The summed E-state index contributed by atoms with van der Waals surface area (Å²) in [5.41, 5.74) is 1.29. The Morgan fingerprint density at radius 3 is 0.959 bits per heavy atom. The van der Waals surface area contributed by atoms with E-state index in [1.54, 1.807) is 0 Å². The smallest absolute Gasteiger partial charge is 0.267 e. The number of halogens is 1. The lowest BCUT2D eigenvalue weighted by atomic mass is 9.93. The highest BCUT2D eigenvalue weighted by atomic mass is 35.5. The molecule has 0 radical (unpaired) electrons. The van der Waals surface area contributed by atoms with E-state index in [4.69, 9.17) is 0 Å². The molecule has 0 amide bonds. The number of aliphatic hydroxyl groups excluding tert-OH is 4. The molecule has 0 saturated carbocycles. The summed E-state index contributed by atoms with van der Waals surface area (Å²) >= 11 is 0. The normalized spacial score (nSPS) is 11.4. The van der Waals surface area contributed by atoms with Crippen molar-refractivity contribution in [3.63, 3.8) is 0 Å². The van der Waals surface area contributed by atoms with Gasteiger partial charge in [-0.1, -0.05) is 127 Å². The molecule has 10 nitrogen and oxygen atoms in total. The van der Waals surface area contributed by atoms with Gasteiger partial charge in [0.2, 0.25) is 0 Å². The molecule has 0 aliphatic rings. The summed E-state index contributed by atoms with van der Waals surface area (Å²) in [6.45, 7) is 1.86. The molecule has 0 aromatic heterocycles. The van der Waals surface area contributed by atoms with Crippen LogP contribution in [0.3, 0.4) is 0 Å². The highest BCUT2D eigenvalue weighted by molar-refractivity contribution is 5.85. The number of nitro groups is 2. The fourth-order valence-corrected chi connectivity index (χ4v) is 5.55. The zero-order chi connectivity index (χ0) is 35.7. The van der Waals surface area contributed by atoms with Gasteiger partial charge in [-0.3, -0.25) is 20.2 Å². The number of benzene rings is 2. The number of aryl methyl sites for hydroxylation is 4. The van der Waals surface area contributed by atoms with E-state index in [0.717, 1.165) is 24.0 Å². The van der Waals surface area contributed by atoms with Gasteiger partial charge in [-0.15, -0.1) is 12.4 Å². The number of aliphatic hydroxyl groups is 4. The lowest BCUT2D eigenvalue weighted by Gasteiger charge is -2.20. The fraction of sp³-hybridized carbons (Fsp3) is 0.684. The first-order valence-corrected chi connectivity index (χ1v) is 18.0. The van der Waals surface area contributed by atoms with Crippen molar-refractivity contribution in [3.05, 3.63) is 91.0 Å². The second-order valence-corrected chi connectivity index (χ2v) is 13.3. The van der Waals surface area contributed by atoms with Crippen molar-refractivity contribution in [3.8, 4) is 0 Å². The van der Waals surface area contributed by atoms with E-state index in [1.165, 1.54) is 88.2 Å². The topological polar surface area (TPSA) is 167 Å². The molecule has 0 spiro atoms. The van der Waals surface area contributed by atoms with Crippen LogP contribution in [0.1, 0.15) is 126 Å². The average molecular weight is 711 g/mol. The molecule has 0 bridgehead atoms. The van der Waals surface area contributed by atoms with Crippen LogP contribution in [0, 0.1) is 20.2 Å². The highest BCUT2D eigenvalue weighted by Gasteiger charge is 2.42. The van der Waals surface area contributed by atoms with Gasteiger partial charge in [0.25, 0.3) is 11.1 Å². The van der Waals surface area contributed by atoms with Crippen molar-refractivity contribution in [2.45, 2.75) is 141 Å². The third kappa shape index (κ3) is 17.7. The number of rotatable bonds is 26. The van der Waals surface area contributed by atoms with E-state index >= 15 is 0 Å². The molecule has 11 heteroatoms. The van der Waals surface area contributed by atoms with Crippen molar-refractivity contribution in [2.24, 2.45) is 0 Å². The first-order valence-electron chi connectivity index (χ1n) is 18.0. The molecular formula is C38H63ClN2O8. The zero-order valence-corrected chi connectivity index (χ0v) is 30.7. The third-order valence-electron chi connectivity index (χ3n) is 9.39. The molecule has 0 aliphatic heterocycles. The zero-order valence-electron chi connectivity index (χ0n) is 29.9. The summed E-state index contributed by atoms with van der Waals surface area (Å²) in [5.74, 6) is 0. The molecular weight excluding hydrogens is 648 g/mol. The first-order chi connectivity index (χ1) is 23.1. The van der Waals surface area contributed by atoms with Gasteiger partial charge in [0.05, 0.1) is 0 Å². The molecule has 49 heavy (non-hydrogen) atoms. The molecule has 280 valence electrons. The molecule has 2 aromatic carbocycles. The Morgan fingerprint density at radius 1 is 0.469 bits per heavy atom. The number of hydrogen-bond acceptors (Lipinski definition) is 8. The van der Waals surface area contributed by atoms with Gasteiger partial charge < -0.3 is 20.4 Å². The van der Waals surface area contributed by atoms with E-state index in [9.17, 15) is 40.7 Å². The van der Waals surface area contributed by atoms with Crippen molar-refractivity contribution in [1.82, 2.24) is 0 Å². The third-order valence-corrected chi connectivity index (χ3v) is 9.39. The minimum Gasteiger partial charge on any atom is -0.389 e. The van der Waals surface area contributed by atoms with Crippen LogP contribution in [-0.4, -0.2) is 67.8 Å². The molecule has 0 heterocycles. The molecule has 0 fully saturated rings. The Labute approximate surface area is 300 Å². The number of nitrogens with zero attached hydrogens (tertiary/aromatic N) is 2. The summed E-state index contributed by atoms with van der Waals surface area (Å²) in [6.07, 6.45) is 18.7. The molecule has 4 N–H and O–H groups in total. The van der Waals surface area contributed by atoms with Crippen molar-refractivity contribution in [2.75, 3.05) is 26.4 Å². The predicted octanol–water partition coefficient (Wildman–Crippen LogP) is 7.47. The Kier molecular flexibility index (Phi) is 25.7. The van der Waals surface area contributed by atoms with Crippen molar-refractivity contribution in [1.29, 1.82) is 0 Å². The number of unbranched alkanes of at least 4 members (excludes halogenated alkanes) is 10. The maximum Gasteiger partial charge on any atom is 0.267 e. The van der Waals surface area contributed by atoms with Crippen LogP contribution in [0.5, 0.6) is 0 Å². The van der Waals surface area contributed by atoms with E-state index in [1.807, 2.05) is 24.3 Å². The van der Waals surface area contributed by atoms with Crippen LogP contribution in [0.4, 0.5) is 0 Å². The van der Waals surface area contributed by atoms with Gasteiger partial charge in [-0.05, 0) is 60.8 Å². The first kappa shape index (κ1) is 46.4.